The molecule has 0 bridgehead atoms. The van der Waals surface area contributed by atoms with E-state index in [4.69, 9.17) is 0 Å². The Balaban J connectivity index is 2.63. The lowest BCUT2D eigenvalue weighted by Crippen LogP contribution is -2.26. The van der Waals surface area contributed by atoms with E-state index in [1.165, 1.54) is 0 Å². The number of benzene rings is 1. The summed E-state index contributed by atoms with van der Waals surface area (Å²) in [7, 11) is -3.48. The zero-order valence-corrected chi connectivity index (χ0v) is 10.9. The molecule has 0 aliphatic heterocycles. The Kier molecular flexibility index (Phi) is 4.84. The van der Waals surface area contributed by atoms with Crippen LogP contribution in [0.3, 0.4) is 0 Å². The molecule has 0 unspecified atom stereocenters. The highest BCUT2D eigenvalue weighted by atomic mass is 32.2. The molecule has 0 spiro atoms. The number of nitrogens with one attached hydrogen (secondary N) is 1. The second kappa shape index (κ2) is 5.93. The summed E-state index contributed by atoms with van der Waals surface area (Å²) in [5, 5.41) is 0. The molecule has 0 aliphatic carbocycles. The summed E-state index contributed by atoms with van der Waals surface area (Å²) in [4.78, 5) is 11.3. The van der Waals surface area contributed by atoms with Crippen molar-refractivity contribution >= 4 is 15.8 Å². The molecule has 0 amide bonds. The van der Waals surface area contributed by atoms with Crippen LogP contribution in [-0.4, -0.2) is 20.7 Å². The molecule has 5 heteroatoms. The minimum Gasteiger partial charge on any atom is -0.300 e. The first kappa shape index (κ1) is 13.9. The van der Waals surface area contributed by atoms with E-state index in [1.54, 1.807) is 31.2 Å². The minimum atomic E-state index is -3.48. The van der Waals surface area contributed by atoms with E-state index in [2.05, 4.69) is 4.72 Å². The zero-order chi connectivity index (χ0) is 12.9. The lowest BCUT2D eigenvalue weighted by molar-refractivity contribution is -0.118. The van der Waals surface area contributed by atoms with Crippen molar-refractivity contribution in [1.82, 2.24) is 4.72 Å². The van der Waals surface area contributed by atoms with Gasteiger partial charge < -0.3 is 0 Å². The van der Waals surface area contributed by atoms with Crippen LogP contribution in [0, 0.1) is 6.92 Å². The molecule has 0 radical (unpaired) electrons. The highest BCUT2D eigenvalue weighted by molar-refractivity contribution is 7.89. The third-order valence-corrected chi connectivity index (χ3v) is 3.90. The van der Waals surface area contributed by atoms with Gasteiger partial charge >= 0.3 is 0 Å². The van der Waals surface area contributed by atoms with E-state index in [1.807, 2.05) is 6.92 Å². The van der Waals surface area contributed by atoms with Crippen molar-refractivity contribution in [3.05, 3.63) is 29.8 Å². The maximum Gasteiger partial charge on any atom is 0.240 e. The quantitative estimate of drug-likeness (QED) is 0.840. The van der Waals surface area contributed by atoms with Gasteiger partial charge in [0.1, 0.15) is 5.78 Å². The third kappa shape index (κ3) is 4.28. The minimum absolute atomic E-state index is 0.0524. The van der Waals surface area contributed by atoms with Crippen LogP contribution in [0.2, 0.25) is 0 Å². The molecule has 94 valence electrons. The molecule has 0 aliphatic rings. The zero-order valence-electron chi connectivity index (χ0n) is 10.1. The van der Waals surface area contributed by atoms with E-state index in [-0.39, 0.29) is 23.6 Å². The monoisotopic (exact) mass is 255 g/mol. The van der Waals surface area contributed by atoms with Gasteiger partial charge in [0.05, 0.1) is 4.90 Å². The number of carbonyl (C=O) groups is 1. The molecule has 0 atom stereocenters. The van der Waals surface area contributed by atoms with Gasteiger partial charge in [0.15, 0.2) is 0 Å². The largest absolute Gasteiger partial charge is 0.300 e. The average molecular weight is 255 g/mol. The second-order valence-electron chi connectivity index (χ2n) is 3.85. The standard InChI is InChI=1S/C12H17NO3S/c1-3-11(14)8-9-13-17(15,16)12-6-4-10(2)5-7-12/h4-7,13H,3,8-9H2,1-2H3. The van der Waals surface area contributed by atoms with Gasteiger partial charge in [-0.3, -0.25) is 4.79 Å². The van der Waals surface area contributed by atoms with Crippen LogP contribution in [0.25, 0.3) is 0 Å². The van der Waals surface area contributed by atoms with Crippen molar-refractivity contribution in [1.29, 1.82) is 0 Å². The van der Waals surface area contributed by atoms with Gasteiger partial charge in [0.25, 0.3) is 0 Å². The Hall–Kier alpha value is -1.20. The first-order chi connectivity index (χ1) is 7.95. The van der Waals surface area contributed by atoms with Crippen molar-refractivity contribution in [2.45, 2.75) is 31.6 Å². The van der Waals surface area contributed by atoms with Crippen molar-refractivity contribution in [3.63, 3.8) is 0 Å². The molecule has 17 heavy (non-hydrogen) atoms. The van der Waals surface area contributed by atoms with Crippen molar-refractivity contribution in [3.8, 4) is 0 Å². The smallest absolute Gasteiger partial charge is 0.240 e. The van der Waals surface area contributed by atoms with Crippen molar-refractivity contribution in [2.75, 3.05) is 6.54 Å². The van der Waals surface area contributed by atoms with Crippen LogP contribution in [0.5, 0.6) is 0 Å². The Morgan fingerprint density at radius 1 is 1.24 bits per heavy atom. The van der Waals surface area contributed by atoms with Crippen LogP contribution < -0.4 is 4.72 Å². The fraction of sp³-hybridized carbons (Fsp3) is 0.417. The van der Waals surface area contributed by atoms with Crippen molar-refractivity contribution < 1.29 is 13.2 Å². The van der Waals surface area contributed by atoms with E-state index in [0.717, 1.165) is 5.56 Å². The highest BCUT2D eigenvalue weighted by Gasteiger charge is 2.13. The first-order valence-electron chi connectivity index (χ1n) is 5.53. The summed E-state index contributed by atoms with van der Waals surface area (Å²) in [5.41, 5.74) is 1.00. The summed E-state index contributed by atoms with van der Waals surface area (Å²) in [5.74, 6) is 0.0524. The molecule has 0 fully saturated rings. The Morgan fingerprint density at radius 2 is 1.82 bits per heavy atom. The Bertz CT molecular complexity index is 477. The van der Waals surface area contributed by atoms with Crippen molar-refractivity contribution in [2.24, 2.45) is 0 Å². The van der Waals surface area contributed by atoms with E-state index >= 15 is 0 Å². The maximum atomic E-state index is 11.8. The summed E-state index contributed by atoms with van der Waals surface area (Å²) in [6.45, 7) is 3.81. The normalized spacial score (nSPS) is 11.4. The second-order valence-corrected chi connectivity index (χ2v) is 5.62. The van der Waals surface area contributed by atoms with Crippen LogP contribution in [0.4, 0.5) is 0 Å². The molecule has 1 rings (SSSR count). The number of carbonyl (C=O) groups excluding carboxylic acids is 1. The molecule has 0 aromatic heterocycles. The molecule has 1 aromatic carbocycles. The maximum absolute atomic E-state index is 11.8. The lowest BCUT2D eigenvalue weighted by atomic mass is 10.2. The van der Waals surface area contributed by atoms with Crippen LogP contribution >= 0.6 is 0 Å². The number of aryl methyl sites for hydroxylation is 1. The number of Topliss-reactive ketones (excluding diaryl/α,β-unsaturated/α-hetero) is 1. The number of hydrogen-bond donors (Lipinski definition) is 1. The summed E-state index contributed by atoms with van der Waals surface area (Å²) >= 11 is 0. The summed E-state index contributed by atoms with van der Waals surface area (Å²) < 4.78 is 26.0. The van der Waals surface area contributed by atoms with Gasteiger partial charge in [-0.15, -0.1) is 0 Å². The number of ketones is 1. The topological polar surface area (TPSA) is 63.2 Å². The van der Waals surface area contributed by atoms with Gasteiger partial charge in [-0.2, -0.15) is 0 Å². The van der Waals surface area contributed by atoms with Crippen LogP contribution in [0.1, 0.15) is 25.3 Å². The molecule has 0 heterocycles. The summed E-state index contributed by atoms with van der Waals surface area (Å²) in [6, 6.07) is 6.59. The lowest BCUT2D eigenvalue weighted by Gasteiger charge is -2.06. The SMILES string of the molecule is CCC(=O)CCNS(=O)(=O)c1ccc(C)cc1. The summed E-state index contributed by atoms with van der Waals surface area (Å²) in [6.07, 6.45) is 0.674. The first-order valence-corrected chi connectivity index (χ1v) is 7.02. The van der Waals surface area contributed by atoms with Crippen LogP contribution in [0.15, 0.2) is 29.2 Å². The van der Waals surface area contributed by atoms with Gasteiger partial charge in [0.2, 0.25) is 10.0 Å². The predicted octanol–water partition coefficient (Wildman–Crippen LogP) is 1.64. The van der Waals surface area contributed by atoms with Gasteiger partial charge in [0, 0.05) is 19.4 Å². The van der Waals surface area contributed by atoms with Gasteiger partial charge in [-0.25, -0.2) is 13.1 Å². The van der Waals surface area contributed by atoms with E-state index in [0.29, 0.717) is 6.42 Å². The van der Waals surface area contributed by atoms with E-state index < -0.39 is 10.0 Å². The van der Waals surface area contributed by atoms with Crippen LogP contribution in [-0.2, 0) is 14.8 Å². The molecule has 1 N–H and O–H groups in total. The number of rotatable bonds is 6. The highest BCUT2D eigenvalue weighted by Crippen LogP contribution is 2.09. The fourth-order valence-electron chi connectivity index (χ4n) is 1.30. The van der Waals surface area contributed by atoms with E-state index in [9.17, 15) is 13.2 Å². The molecule has 0 saturated carbocycles. The Morgan fingerprint density at radius 3 is 2.35 bits per heavy atom. The molecule has 1 aromatic rings. The molecular formula is C12H17NO3S. The Labute approximate surface area is 102 Å². The van der Waals surface area contributed by atoms with Gasteiger partial charge in [-0.1, -0.05) is 24.6 Å². The third-order valence-electron chi connectivity index (χ3n) is 2.42. The predicted molar refractivity (Wildman–Crippen MR) is 66.3 cm³/mol. The molecule has 0 saturated heterocycles. The number of sulfonamides is 1. The number of hydrogen-bond acceptors (Lipinski definition) is 3. The molecular weight excluding hydrogens is 238 g/mol. The molecule has 4 nitrogen and oxygen atoms in total. The van der Waals surface area contributed by atoms with Gasteiger partial charge in [-0.05, 0) is 19.1 Å². The fourth-order valence-corrected chi connectivity index (χ4v) is 2.33. The average Bonchev–Trinajstić information content (AvgIpc) is 2.29.